The SMILES string of the molecule is Cc1cc(C)c(NC(=S)NC(=O)c2ccc(OCCC(C)C)cc2)c(C)c1. The number of carbonyl (C=O) groups is 1. The van der Waals surface area contributed by atoms with Crippen LogP contribution in [0, 0.1) is 26.7 Å². The van der Waals surface area contributed by atoms with Crippen molar-refractivity contribution in [3.05, 3.63) is 58.7 Å². The molecule has 0 bridgehead atoms. The zero-order chi connectivity index (χ0) is 20.0. The Bertz CT molecular complexity index is 791. The van der Waals surface area contributed by atoms with Gasteiger partial charge in [-0.25, -0.2) is 0 Å². The number of carbonyl (C=O) groups excluding carboxylic acids is 1. The van der Waals surface area contributed by atoms with E-state index < -0.39 is 0 Å². The smallest absolute Gasteiger partial charge is 0.257 e. The molecule has 0 aromatic heterocycles. The fourth-order valence-corrected chi connectivity index (χ4v) is 3.01. The Kier molecular flexibility index (Phi) is 7.36. The summed E-state index contributed by atoms with van der Waals surface area (Å²) in [5, 5.41) is 6.15. The average Bonchev–Trinajstić information content (AvgIpc) is 2.58. The van der Waals surface area contributed by atoms with Gasteiger partial charge < -0.3 is 10.1 Å². The Labute approximate surface area is 167 Å². The van der Waals surface area contributed by atoms with E-state index in [1.54, 1.807) is 24.3 Å². The third kappa shape index (κ3) is 6.36. The molecule has 0 atom stereocenters. The molecular weight excluding hydrogens is 356 g/mol. The van der Waals surface area contributed by atoms with E-state index in [-0.39, 0.29) is 11.0 Å². The first-order valence-corrected chi connectivity index (χ1v) is 9.60. The number of thiocarbonyl (C=S) groups is 1. The van der Waals surface area contributed by atoms with Crippen LogP contribution in [0.5, 0.6) is 5.75 Å². The standard InChI is InChI=1S/C22H28N2O2S/c1-14(2)10-11-26-19-8-6-18(7-9-19)21(25)24-22(27)23-20-16(4)12-15(3)13-17(20)5/h6-9,12-14H,10-11H2,1-5H3,(H2,23,24,25,27). The lowest BCUT2D eigenvalue weighted by Gasteiger charge is -2.15. The molecule has 0 fully saturated rings. The molecular formula is C22H28N2O2S. The minimum atomic E-state index is -0.247. The van der Waals surface area contributed by atoms with Crippen LogP contribution < -0.4 is 15.4 Å². The number of hydrogen-bond acceptors (Lipinski definition) is 3. The lowest BCUT2D eigenvalue weighted by Crippen LogP contribution is -2.34. The number of hydrogen-bond donors (Lipinski definition) is 2. The van der Waals surface area contributed by atoms with Crippen molar-refractivity contribution in [1.82, 2.24) is 5.32 Å². The highest BCUT2D eigenvalue weighted by atomic mass is 32.1. The maximum Gasteiger partial charge on any atom is 0.257 e. The summed E-state index contributed by atoms with van der Waals surface area (Å²) in [6.45, 7) is 11.1. The van der Waals surface area contributed by atoms with E-state index in [0.717, 1.165) is 29.0 Å². The van der Waals surface area contributed by atoms with Crippen LogP contribution in [0.4, 0.5) is 5.69 Å². The number of ether oxygens (including phenoxy) is 1. The number of anilines is 1. The van der Waals surface area contributed by atoms with Crippen molar-refractivity contribution in [2.75, 3.05) is 11.9 Å². The zero-order valence-electron chi connectivity index (χ0n) is 16.7. The molecule has 0 aliphatic carbocycles. The normalized spacial score (nSPS) is 10.6. The van der Waals surface area contributed by atoms with Crippen LogP contribution >= 0.6 is 12.2 Å². The molecule has 0 aliphatic rings. The largest absolute Gasteiger partial charge is 0.494 e. The van der Waals surface area contributed by atoms with Gasteiger partial charge in [-0.15, -0.1) is 0 Å². The number of aryl methyl sites for hydroxylation is 3. The topological polar surface area (TPSA) is 50.4 Å². The van der Waals surface area contributed by atoms with E-state index in [4.69, 9.17) is 17.0 Å². The van der Waals surface area contributed by atoms with Crippen molar-refractivity contribution in [2.45, 2.75) is 41.0 Å². The molecule has 2 aromatic rings. The van der Waals surface area contributed by atoms with Crippen molar-refractivity contribution in [2.24, 2.45) is 5.92 Å². The van der Waals surface area contributed by atoms with Gasteiger partial charge in [0.1, 0.15) is 5.75 Å². The summed E-state index contributed by atoms with van der Waals surface area (Å²) >= 11 is 5.30. The fraction of sp³-hybridized carbons (Fsp3) is 0.364. The van der Waals surface area contributed by atoms with Crippen molar-refractivity contribution in [3.63, 3.8) is 0 Å². The molecule has 1 amide bonds. The molecule has 2 rings (SSSR count). The molecule has 0 saturated carbocycles. The molecule has 0 saturated heterocycles. The van der Waals surface area contributed by atoms with Gasteiger partial charge in [0.05, 0.1) is 6.61 Å². The van der Waals surface area contributed by atoms with E-state index >= 15 is 0 Å². The monoisotopic (exact) mass is 384 g/mol. The fourth-order valence-electron chi connectivity index (χ4n) is 2.81. The van der Waals surface area contributed by atoms with Gasteiger partial charge in [0, 0.05) is 11.3 Å². The predicted octanol–water partition coefficient (Wildman–Crippen LogP) is 5.16. The first-order chi connectivity index (χ1) is 12.8. The Hall–Kier alpha value is -2.40. The minimum absolute atomic E-state index is 0.247. The Morgan fingerprint density at radius 2 is 1.67 bits per heavy atom. The highest BCUT2D eigenvalue weighted by molar-refractivity contribution is 7.80. The molecule has 0 spiro atoms. The van der Waals surface area contributed by atoms with Gasteiger partial charge in [-0.2, -0.15) is 0 Å². The van der Waals surface area contributed by atoms with Gasteiger partial charge in [0.25, 0.3) is 5.91 Å². The molecule has 0 aliphatic heterocycles. The van der Waals surface area contributed by atoms with E-state index in [0.29, 0.717) is 18.1 Å². The summed E-state index contributed by atoms with van der Waals surface area (Å²) in [4.78, 5) is 12.4. The van der Waals surface area contributed by atoms with Crippen LogP contribution in [0.3, 0.4) is 0 Å². The van der Waals surface area contributed by atoms with Gasteiger partial charge in [0.2, 0.25) is 0 Å². The first kappa shape index (κ1) is 20.9. The van der Waals surface area contributed by atoms with E-state index in [1.165, 1.54) is 5.56 Å². The lowest BCUT2D eigenvalue weighted by molar-refractivity contribution is 0.0977. The highest BCUT2D eigenvalue weighted by Crippen LogP contribution is 2.21. The van der Waals surface area contributed by atoms with Gasteiger partial charge in [-0.1, -0.05) is 31.5 Å². The van der Waals surface area contributed by atoms with Crippen LogP contribution in [0.2, 0.25) is 0 Å². The zero-order valence-corrected chi connectivity index (χ0v) is 17.5. The van der Waals surface area contributed by atoms with Gasteiger partial charge in [-0.05, 0) is 80.7 Å². The first-order valence-electron chi connectivity index (χ1n) is 9.19. The molecule has 2 aromatic carbocycles. The second-order valence-electron chi connectivity index (χ2n) is 7.24. The van der Waals surface area contributed by atoms with Gasteiger partial charge in [-0.3, -0.25) is 10.1 Å². The van der Waals surface area contributed by atoms with Crippen LogP contribution in [0.1, 0.15) is 47.3 Å². The minimum Gasteiger partial charge on any atom is -0.494 e. The number of nitrogens with one attached hydrogen (secondary N) is 2. The number of rotatable bonds is 6. The molecule has 2 N–H and O–H groups in total. The summed E-state index contributed by atoms with van der Waals surface area (Å²) in [6.07, 6.45) is 1.00. The van der Waals surface area contributed by atoms with Crippen LogP contribution in [0.25, 0.3) is 0 Å². The molecule has 0 unspecified atom stereocenters. The van der Waals surface area contributed by atoms with Crippen LogP contribution in [0.15, 0.2) is 36.4 Å². The third-order valence-corrected chi connectivity index (χ3v) is 4.43. The Morgan fingerprint density at radius 3 is 2.22 bits per heavy atom. The van der Waals surface area contributed by atoms with Gasteiger partial charge >= 0.3 is 0 Å². The van der Waals surface area contributed by atoms with Crippen LogP contribution in [-0.2, 0) is 0 Å². The van der Waals surface area contributed by atoms with Crippen molar-refractivity contribution < 1.29 is 9.53 Å². The van der Waals surface area contributed by atoms with E-state index in [2.05, 4.69) is 43.5 Å². The van der Waals surface area contributed by atoms with Crippen molar-refractivity contribution >= 4 is 28.9 Å². The van der Waals surface area contributed by atoms with Crippen molar-refractivity contribution in [3.8, 4) is 5.75 Å². The highest BCUT2D eigenvalue weighted by Gasteiger charge is 2.11. The molecule has 144 valence electrons. The maximum atomic E-state index is 12.4. The van der Waals surface area contributed by atoms with Crippen molar-refractivity contribution in [1.29, 1.82) is 0 Å². The average molecular weight is 385 g/mol. The Morgan fingerprint density at radius 1 is 1.07 bits per heavy atom. The van der Waals surface area contributed by atoms with E-state index in [1.807, 2.05) is 13.8 Å². The quantitative estimate of drug-likeness (QED) is 0.675. The summed E-state index contributed by atoms with van der Waals surface area (Å²) in [5.41, 5.74) is 4.84. The summed E-state index contributed by atoms with van der Waals surface area (Å²) in [6, 6.07) is 11.3. The van der Waals surface area contributed by atoms with Crippen LogP contribution in [-0.4, -0.2) is 17.6 Å². The number of benzene rings is 2. The van der Waals surface area contributed by atoms with Gasteiger partial charge in [0.15, 0.2) is 5.11 Å². The Balaban J connectivity index is 1.93. The summed E-state index contributed by atoms with van der Waals surface area (Å²) in [5.74, 6) is 1.12. The maximum absolute atomic E-state index is 12.4. The number of amides is 1. The second-order valence-corrected chi connectivity index (χ2v) is 7.65. The molecule has 4 nitrogen and oxygen atoms in total. The third-order valence-electron chi connectivity index (χ3n) is 4.22. The summed E-state index contributed by atoms with van der Waals surface area (Å²) < 4.78 is 5.68. The molecule has 0 radical (unpaired) electrons. The predicted molar refractivity (Wildman–Crippen MR) is 116 cm³/mol. The molecule has 0 heterocycles. The lowest BCUT2D eigenvalue weighted by atomic mass is 10.1. The van der Waals surface area contributed by atoms with E-state index in [9.17, 15) is 4.79 Å². The molecule has 27 heavy (non-hydrogen) atoms. The second kappa shape index (κ2) is 9.51. The molecule has 5 heteroatoms. The summed E-state index contributed by atoms with van der Waals surface area (Å²) in [7, 11) is 0.